The highest BCUT2D eigenvalue weighted by atomic mass is 19.1. The van der Waals surface area contributed by atoms with E-state index in [1.807, 2.05) is 30.4 Å². The number of fused-ring (bicyclic) bond motifs is 1. The molecular weight excluding hydrogens is 447 g/mol. The lowest BCUT2D eigenvalue weighted by Gasteiger charge is -2.48. The molecule has 2 heterocycles. The summed E-state index contributed by atoms with van der Waals surface area (Å²) in [5, 5.41) is 0. The van der Waals surface area contributed by atoms with Crippen molar-refractivity contribution in [3.8, 4) is 5.75 Å². The van der Waals surface area contributed by atoms with E-state index in [1.54, 1.807) is 48.4 Å². The number of amides is 1. The van der Waals surface area contributed by atoms with Crippen LogP contribution < -0.4 is 15.4 Å². The van der Waals surface area contributed by atoms with E-state index >= 15 is 0 Å². The molecule has 1 fully saturated rings. The topological polar surface area (TPSA) is 80.4 Å². The van der Waals surface area contributed by atoms with Crippen molar-refractivity contribution >= 4 is 23.5 Å². The molecule has 1 atom stereocenters. The molecule has 1 saturated heterocycles. The Morgan fingerprint density at radius 2 is 2.06 bits per heavy atom. The average Bonchev–Trinajstić information content (AvgIpc) is 2.86. The number of morpholine rings is 1. The van der Waals surface area contributed by atoms with E-state index < -0.39 is 5.54 Å². The summed E-state index contributed by atoms with van der Waals surface area (Å²) in [7, 11) is 1.60. The largest absolute Gasteiger partial charge is 0.495 e. The molecule has 0 saturated carbocycles. The summed E-state index contributed by atoms with van der Waals surface area (Å²) in [6.07, 6.45) is 7.71. The van der Waals surface area contributed by atoms with Crippen LogP contribution in [0.25, 0.3) is 6.08 Å². The van der Waals surface area contributed by atoms with Crippen molar-refractivity contribution in [1.29, 1.82) is 0 Å². The molecule has 8 heteroatoms. The Morgan fingerprint density at radius 3 is 2.74 bits per heavy atom. The SMILES string of the molecule is C=CN(/C=C(/C)N)c1ccc(/C=C/C2=NCCC3(c4ccc(F)cc4)COCC(=O)N23)cc1OC. The number of allylic oxidation sites excluding steroid dienone is 1. The van der Waals surface area contributed by atoms with Crippen LogP contribution in [0.4, 0.5) is 10.1 Å². The van der Waals surface area contributed by atoms with Gasteiger partial charge in [0, 0.05) is 24.6 Å². The van der Waals surface area contributed by atoms with Crippen molar-refractivity contribution in [3.05, 3.63) is 90.2 Å². The van der Waals surface area contributed by atoms with Gasteiger partial charge in [-0.25, -0.2) is 4.39 Å². The van der Waals surface area contributed by atoms with Crippen molar-refractivity contribution in [1.82, 2.24) is 4.90 Å². The van der Waals surface area contributed by atoms with Crippen LogP contribution >= 0.6 is 0 Å². The quantitative estimate of drug-likeness (QED) is 0.649. The smallest absolute Gasteiger partial charge is 0.255 e. The molecule has 2 aromatic rings. The number of nitrogens with two attached hydrogens (primary N) is 1. The number of hydrogen-bond acceptors (Lipinski definition) is 6. The summed E-state index contributed by atoms with van der Waals surface area (Å²) in [6, 6.07) is 12.0. The Bertz CT molecular complexity index is 1200. The Kier molecular flexibility index (Phi) is 7.02. The molecule has 0 radical (unpaired) electrons. The lowest BCUT2D eigenvalue weighted by molar-refractivity contribution is -0.151. The molecule has 7 nitrogen and oxygen atoms in total. The number of carbonyl (C=O) groups is 1. The number of rotatable bonds is 7. The van der Waals surface area contributed by atoms with Gasteiger partial charge in [-0.2, -0.15) is 0 Å². The summed E-state index contributed by atoms with van der Waals surface area (Å²) in [6.45, 7) is 6.46. The van der Waals surface area contributed by atoms with Gasteiger partial charge in [-0.05, 0) is 54.8 Å². The number of anilines is 1. The van der Waals surface area contributed by atoms with E-state index in [0.29, 0.717) is 36.9 Å². The second kappa shape index (κ2) is 10.1. The number of hydrogen-bond donors (Lipinski definition) is 1. The van der Waals surface area contributed by atoms with Crippen molar-refractivity contribution < 1.29 is 18.7 Å². The van der Waals surface area contributed by atoms with Crippen molar-refractivity contribution in [3.63, 3.8) is 0 Å². The molecule has 2 N–H and O–H groups in total. The van der Waals surface area contributed by atoms with Gasteiger partial charge in [-0.3, -0.25) is 14.7 Å². The third kappa shape index (κ3) is 4.83. The van der Waals surface area contributed by atoms with Gasteiger partial charge >= 0.3 is 0 Å². The molecule has 2 aromatic carbocycles. The van der Waals surface area contributed by atoms with Gasteiger partial charge in [0.15, 0.2) is 0 Å². The third-order valence-electron chi connectivity index (χ3n) is 6.10. The van der Waals surface area contributed by atoms with Crippen LogP contribution in [0.3, 0.4) is 0 Å². The van der Waals surface area contributed by atoms with Crippen LogP contribution in [0, 0.1) is 5.82 Å². The van der Waals surface area contributed by atoms with Crippen LogP contribution in [0.5, 0.6) is 5.75 Å². The molecule has 2 aliphatic heterocycles. The maximum absolute atomic E-state index is 13.6. The molecule has 0 bridgehead atoms. The Morgan fingerprint density at radius 1 is 1.29 bits per heavy atom. The summed E-state index contributed by atoms with van der Waals surface area (Å²) >= 11 is 0. The molecule has 35 heavy (non-hydrogen) atoms. The molecule has 0 aliphatic carbocycles. The normalized spacial score (nSPS) is 20.4. The Hall–Kier alpha value is -3.91. The predicted molar refractivity (Wildman–Crippen MR) is 135 cm³/mol. The highest BCUT2D eigenvalue weighted by molar-refractivity contribution is 6.08. The molecule has 1 unspecified atom stereocenters. The fourth-order valence-electron chi connectivity index (χ4n) is 4.50. The first kappa shape index (κ1) is 24.2. The zero-order valence-electron chi connectivity index (χ0n) is 19.9. The highest BCUT2D eigenvalue weighted by Gasteiger charge is 2.48. The monoisotopic (exact) mass is 476 g/mol. The highest BCUT2D eigenvalue weighted by Crippen LogP contribution is 2.39. The van der Waals surface area contributed by atoms with E-state index in [1.165, 1.54) is 12.1 Å². The zero-order valence-corrected chi connectivity index (χ0v) is 19.9. The Labute approximate surface area is 204 Å². The molecule has 2 aliphatic rings. The number of ether oxygens (including phenoxy) is 2. The van der Waals surface area contributed by atoms with Crippen LogP contribution in [-0.4, -0.2) is 43.5 Å². The first-order valence-corrected chi connectivity index (χ1v) is 11.3. The molecule has 4 rings (SSSR count). The maximum Gasteiger partial charge on any atom is 0.255 e. The van der Waals surface area contributed by atoms with Crippen molar-refractivity contribution in [2.45, 2.75) is 18.9 Å². The minimum Gasteiger partial charge on any atom is -0.495 e. The van der Waals surface area contributed by atoms with Gasteiger partial charge in [0.25, 0.3) is 5.91 Å². The van der Waals surface area contributed by atoms with Crippen molar-refractivity contribution in [2.75, 3.05) is 31.8 Å². The minimum atomic E-state index is -0.719. The van der Waals surface area contributed by atoms with E-state index in [-0.39, 0.29) is 18.3 Å². The number of halogens is 1. The first-order valence-electron chi connectivity index (χ1n) is 11.3. The second-order valence-electron chi connectivity index (χ2n) is 8.48. The summed E-state index contributed by atoms with van der Waals surface area (Å²) in [5.41, 5.74) is 8.22. The third-order valence-corrected chi connectivity index (χ3v) is 6.10. The van der Waals surface area contributed by atoms with Gasteiger partial charge < -0.3 is 20.1 Å². The van der Waals surface area contributed by atoms with Crippen LogP contribution in [0.15, 0.2) is 78.2 Å². The first-order chi connectivity index (χ1) is 16.9. The molecule has 1 amide bonds. The van der Waals surface area contributed by atoms with Crippen molar-refractivity contribution in [2.24, 2.45) is 10.7 Å². The number of methoxy groups -OCH3 is 1. The van der Waals surface area contributed by atoms with Gasteiger partial charge in [-0.15, -0.1) is 0 Å². The van der Waals surface area contributed by atoms with E-state index in [0.717, 1.165) is 16.8 Å². The standard InChI is InChI=1S/C27H29FN4O3/c1-4-31(16-19(2)29)23-11-5-20(15-24(23)34-3)6-12-25-30-14-13-27(18-35-17-26(33)32(25)27)21-7-9-22(28)10-8-21/h4-12,15-16H,1,13-14,17-18,29H2,2-3H3/b12-6+,19-16-. The fourth-order valence-corrected chi connectivity index (χ4v) is 4.50. The fraction of sp³-hybridized carbons (Fsp3) is 0.259. The second-order valence-corrected chi connectivity index (χ2v) is 8.48. The molecule has 0 spiro atoms. The van der Waals surface area contributed by atoms with Crippen LogP contribution in [0.2, 0.25) is 0 Å². The van der Waals surface area contributed by atoms with E-state index in [2.05, 4.69) is 11.6 Å². The van der Waals surface area contributed by atoms with Gasteiger partial charge in [0.05, 0.1) is 24.9 Å². The Balaban J connectivity index is 1.66. The number of nitrogens with zero attached hydrogens (tertiary/aromatic N) is 3. The van der Waals surface area contributed by atoms with Crippen LogP contribution in [0.1, 0.15) is 24.5 Å². The number of amidine groups is 1. The van der Waals surface area contributed by atoms with Crippen LogP contribution in [-0.2, 0) is 15.1 Å². The predicted octanol–water partition coefficient (Wildman–Crippen LogP) is 4.17. The van der Waals surface area contributed by atoms with Gasteiger partial charge in [-0.1, -0.05) is 30.9 Å². The van der Waals surface area contributed by atoms with Gasteiger partial charge in [0.1, 0.15) is 24.0 Å². The number of aliphatic imine (C=N–C) groups is 1. The lowest BCUT2D eigenvalue weighted by Crippen LogP contribution is -2.61. The molecule has 182 valence electrons. The maximum atomic E-state index is 13.6. The summed E-state index contributed by atoms with van der Waals surface area (Å²) in [5.74, 6) is 0.681. The summed E-state index contributed by atoms with van der Waals surface area (Å²) in [4.78, 5) is 21.1. The lowest BCUT2D eigenvalue weighted by atomic mass is 9.83. The molecule has 0 aromatic heterocycles. The molecular formula is C27H29FN4O3. The van der Waals surface area contributed by atoms with Gasteiger partial charge in [0.2, 0.25) is 0 Å². The van der Waals surface area contributed by atoms with E-state index in [9.17, 15) is 9.18 Å². The minimum absolute atomic E-state index is 0.0240. The zero-order chi connectivity index (χ0) is 25.0. The number of carbonyl (C=O) groups excluding carboxylic acids is 1. The number of benzene rings is 2. The average molecular weight is 477 g/mol. The van der Waals surface area contributed by atoms with E-state index in [4.69, 9.17) is 15.2 Å². The summed E-state index contributed by atoms with van der Waals surface area (Å²) < 4.78 is 24.8.